The van der Waals surface area contributed by atoms with Gasteiger partial charge in [-0.1, -0.05) is 12.2 Å². The predicted molar refractivity (Wildman–Crippen MR) is 20.5 cm³/mol. The number of rotatable bonds is 0. The van der Waals surface area contributed by atoms with E-state index in [-0.39, 0.29) is 31.9 Å². The third kappa shape index (κ3) is 22.7. The van der Waals surface area contributed by atoms with Crippen molar-refractivity contribution in [2.75, 3.05) is 0 Å². The first-order chi connectivity index (χ1) is 1.91. The smallest absolute Gasteiger partial charge is 0 e. The SMILES string of the molecule is C/C=C\C.[Cl-].[Zn]. The van der Waals surface area contributed by atoms with Crippen molar-refractivity contribution < 1.29 is 31.9 Å². The Hall–Kier alpha value is 0.653. The summed E-state index contributed by atoms with van der Waals surface area (Å²) < 4.78 is 0. The van der Waals surface area contributed by atoms with Crippen LogP contribution in [0.25, 0.3) is 0 Å². The Morgan fingerprint density at radius 3 is 1.17 bits per heavy atom. The molecule has 34 valence electrons. The van der Waals surface area contributed by atoms with Crippen LogP contribution in [0, 0.1) is 0 Å². The molecule has 0 nitrogen and oxygen atoms in total. The van der Waals surface area contributed by atoms with Crippen molar-refractivity contribution in [1.82, 2.24) is 0 Å². The number of halogens is 1. The molecular weight excluding hydrogens is 149 g/mol. The topological polar surface area (TPSA) is 0 Å². The van der Waals surface area contributed by atoms with E-state index in [1.165, 1.54) is 0 Å². The fraction of sp³-hybridized carbons (Fsp3) is 0.500. The monoisotopic (exact) mass is 155 g/mol. The molecule has 0 unspecified atom stereocenters. The molecule has 0 saturated carbocycles. The third-order valence-corrected chi connectivity index (χ3v) is 0.333. The molecule has 0 rings (SSSR count). The van der Waals surface area contributed by atoms with E-state index in [1.54, 1.807) is 0 Å². The summed E-state index contributed by atoms with van der Waals surface area (Å²) in [4.78, 5) is 0. The van der Waals surface area contributed by atoms with E-state index >= 15 is 0 Å². The van der Waals surface area contributed by atoms with Crippen molar-refractivity contribution in [3.63, 3.8) is 0 Å². The molecule has 0 fully saturated rings. The molecule has 0 spiro atoms. The quantitative estimate of drug-likeness (QED) is 0.299. The van der Waals surface area contributed by atoms with E-state index in [9.17, 15) is 0 Å². The fourth-order valence-corrected chi connectivity index (χ4v) is 0. The average molecular weight is 157 g/mol. The Balaban J connectivity index is -0.0000000450. The Morgan fingerprint density at radius 1 is 1.00 bits per heavy atom. The Morgan fingerprint density at radius 2 is 1.17 bits per heavy atom. The van der Waals surface area contributed by atoms with Crippen LogP contribution in [0.4, 0.5) is 0 Å². The summed E-state index contributed by atoms with van der Waals surface area (Å²) in [7, 11) is 0. The van der Waals surface area contributed by atoms with Crippen LogP contribution in [0.5, 0.6) is 0 Å². The fourth-order valence-electron chi connectivity index (χ4n) is 0. The second-order valence-corrected chi connectivity index (χ2v) is 0.667. The van der Waals surface area contributed by atoms with Gasteiger partial charge in [0, 0.05) is 19.5 Å². The van der Waals surface area contributed by atoms with Gasteiger partial charge >= 0.3 is 0 Å². The zero-order valence-electron chi connectivity index (χ0n) is 4.24. The molecule has 0 aromatic rings. The molecule has 0 aliphatic heterocycles. The first-order valence-electron chi connectivity index (χ1n) is 1.49. The van der Waals surface area contributed by atoms with Gasteiger partial charge in [0.15, 0.2) is 0 Å². The van der Waals surface area contributed by atoms with Crippen LogP contribution in [0.2, 0.25) is 0 Å². The molecule has 0 aromatic carbocycles. The van der Waals surface area contributed by atoms with E-state index in [4.69, 9.17) is 0 Å². The third-order valence-electron chi connectivity index (χ3n) is 0.333. The van der Waals surface area contributed by atoms with Crippen molar-refractivity contribution in [2.24, 2.45) is 0 Å². The molecule has 0 aromatic heterocycles. The molecule has 0 aliphatic carbocycles. The van der Waals surface area contributed by atoms with Crippen molar-refractivity contribution in [2.45, 2.75) is 13.8 Å². The van der Waals surface area contributed by atoms with Crippen molar-refractivity contribution >= 4 is 0 Å². The Kier molecular flexibility index (Phi) is 46.2. The largest absolute Gasteiger partial charge is 1.00 e. The zero-order chi connectivity index (χ0) is 3.41. The maximum Gasteiger partial charge on any atom is 0 e. The summed E-state index contributed by atoms with van der Waals surface area (Å²) in [5, 5.41) is 0. The molecule has 0 radical (unpaired) electrons. The number of allylic oxidation sites excluding steroid dienone is 2. The minimum Gasteiger partial charge on any atom is -1.00 e. The van der Waals surface area contributed by atoms with Crippen LogP contribution in [0.15, 0.2) is 12.2 Å². The molecule has 0 N–H and O–H groups in total. The van der Waals surface area contributed by atoms with E-state index in [1.807, 2.05) is 26.0 Å². The molecule has 0 saturated heterocycles. The van der Waals surface area contributed by atoms with Crippen molar-refractivity contribution in [3.8, 4) is 0 Å². The maximum absolute atomic E-state index is 2.00. The summed E-state index contributed by atoms with van der Waals surface area (Å²) in [5.41, 5.74) is 0. The van der Waals surface area contributed by atoms with Gasteiger partial charge in [0.2, 0.25) is 0 Å². The molecular formula is C4H8ClZn-. The van der Waals surface area contributed by atoms with Crippen LogP contribution >= 0.6 is 0 Å². The van der Waals surface area contributed by atoms with Gasteiger partial charge < -0.3 is 12.4 Å². The van der Waals surface area contributed by atoms with Gasteiger partial charge in [0.1, 0.15) is 0 Å². The van der Waals surface area contributed by atoms with E-state index in [0.29, 0.717) is 0 Å². The van der Waals surface area contributed by atoms with Crippen LogP contribution in [-0.4, -0.2) is 0 Å². The van der Waals surface area contributed by atoms with Gasteiger partial charge in [-0.3, -0.25) is 0 Å². The Bertz CT molecular complexity index is 22.7. The molecule has 2 heteroatoms. The standard InChI is InChI=1S/C4H8.ClH.Zn/c1-3-4-2;;/h3-4H,1-2H3;1H;/p-1/b4-3-;;. The van der Waals surface area contributed by atoms with Crippen LogP contribution in [0.3, 0.4) is 0 Å². The summed E-state index contributed by atoms with van der Waals surface area (Å²) in [6.07, 6.45) is 4.00. The second-order valence-electron chi connectivity index (χ2n) is 0.667. The van der Waals surface area contributed by atoms with E-state index < -0.39 is 0 Å². The van der Waals surface area contributed by atoms with E-state index in [0.717, 1.165) is 0 Å². The summed E-state index contributed by atoms with van der Waals surface area (Å²) in [6.45, 7) is 4.00. The molecule has 0 aliphatic rings. The van der Waals surface area contributed by atoms with Crippen molar-refractivity contribution in [3.05, 3.63) is 12.2 Å². The van der Waals surface area contributed by atoms with Crippen molar-refractivity contribution in [1.29, 1.82) is 0 Å². The minimum atomic E-state index is 0. The first kappa shape index (κ1) is 15.9. The first-order valence-corrected chi connectivity index (χ1v) is 1.49. The Labute approximate surface area is 58.2 Å². The van der Waals surface area contributed by atoms with Crippen LogP contribution in [-0.2, 0) is 19.5 Å². The molecule has 0 amide bonds. The average Bonchev–Trinajstić information content (AvgIpc) is 1.37. The van der Waals surface area contributed by atoms with Gasteiger partial charge in [-0.15, -0.1) is 0 Å². The number of hydrogen-bond acceptors (Lipinski definition) is 0. The minimum absolute atomic E-state index is 0. The van der Waals surface area contributed by atoms with Gasteiger partial charge in [0.05, 0.1) is 0 Å². The zero-order valence-corrected chi connectivity index (χ0v) is 7.96. The molecule has 0 bridgehead atoms. The molecule has 6 heavy (non-hydrogen) atoms. The normalized spacial score (nSPS) is 6.33. The van der Waals surface area contributed by atoms with Gasteiger partial charge in [-0.05, 0) is 13.8 Å². The summed E-state index contributed by atoms with van der Waals surface area (Å²) in [6, 6.07) is 0. The molecule has 0 atom stereocenters. The second kappa shape index (κ2) is 17.4. The molecule has 0 heterocycles. The maximum atomic E-state index is 2.00. The van der Waals surface area contributed by atoms with Crippen LogP contribution < -0.4 is 12.4 Å². The summed E-state index contributed by atoms with van der Waals surface area (Å²) in [5.74, 6) is 0. The predicted octanol–water partition coefficient (Wildman–Crippen LogP) is -1.42. The van der Waals surface area contributed by atoms with Gasteiger partial charge in [-0.25, -0.2) is 0 Å². The van der Waals surface area contributed by atoms with Crippen LogP contribution in [0.1, 0.15) is 13.8 Å². The number of hydrogen-bond donors (Lipinski definition) is 0. The summed E-state index contributed by atoms with van der Waals surface area (Å²) >= 11 is 0. The van der Waals surface area contributed by atoms with Gasteiger partial charge in [0.25, 0.3) is 0 Å². The van der Waals surface area contributed by atoms with Gasteiger partial charge in [-0.2, -0.15) is 0 Å². The van der Waals surface area contributed by atoms with E-state index in [2.05, 4.69) is 0 Å².